The second-order valence-electron chi connectivity index (χ2n) is 2.94. The lowest BCUT2D eigenvalue weighted by molar-refractivity contribution is 0.783. The second kappa shape index (κ2) is 2.67. The first-order valence-electron chi connectivity index (χ1n) is 4.23. The monoisotopic (exact) mass is 162 g/mol. The molecule has 0 bridgehead atoms. The first kappa shape index (κ1) is 7.41. The zero-order valence-corrected chi connectivity index (χ0v) is 7.25. The minimum atomic E-state index is 0. The van der Waals surface area contributed by atoms with E-state index in [1.54, 1.807) is 0 Å². The van der Waals surface area contributed by atoms with Crippen LogP contribution < -0.4 is 0 Å². The van der Waals surface area contributed by atoms with Crippen molar-refractivity contribution in [1.82, 2.24) is 4.57 Å². The van der Waals surface area contributed by atoms with Crippen molar-refractivity contribution in [2.24, 2.45) is 0 Å². The molecule has 0 amide bonds. The Balaban J connectivity index is 0.000000845. The summed E-state index contributed by atoms with van der Waals surface area (Å²) in [6.07, 6.45) is 0. The lowest BCUT2D eigenvalue weighted by Gasteiger charge is -2.02. The summed E-state index contributed by atoms with van der Waals surface area (Å²) in [4.78, 5) is 0. The average molecular weight is 162 g/mol. The predicted molar refractivity (Wildman–Crippen MR) is 56.3 cm³/mol. The van der Waals surface area contributed by atoms with E-state index in [1.807, 2.05) is 0 Å². The van der Waals surface area contributed by atoms with Crippen molar-refractivity contribution in [1.29, 1.82) is 0 Å². The Kier molecular flexibility index (Phi) is 1.65. The van der Waals surface area contributed by atoms with E-state index in [2.05, 4.69) is 48.7 Å². The molecule has 65 valence electrons. The van der Waals surface area contributed by atoms with Crippen molar-refractivity contribution in [3.05, 3.63) is 42.9 Å². The van der Waals surface area contributed by atoms with Crippen molar-refractivity contribution in [3.8, 4) is 0 Å². The summed E-state index contributed by atoms with van der Waals surface area (Å²) in [5.41, 5.74) is 2.38. The normalized spacial score (nSPS) is 10.8. The standard InChI is InChI=1S/C11H12N.2H2/c1-3-12-9(2)8-10-6-4-5-7-11(10)12;;/h4-8H,2-3H2,1H3;2*1H. The molecule has 0 aliphatic rings. The second-order valence-corrected chi connectivity index (χ2v) is 2.94. The number of rotatable bonds is 1. The number of nitrogens with zero attached hydrogens (tertiary/aromatic N) is 1. The molecule has 1 aromatic carbocycles. The van der Waals surface area contributed by atoms with Crippen LogP contribution in [0.3, 0.4) is 0 Å². The molecular formula is C11H16N. The van der Waals surface area contributed by atoms with Gasteiger partial charge in [-0.2, -0.15) is 0 Å². The van der Waals surface area contributed by atoms with Crippen molar-refractivity contribution in [3.63, 3.8) is 0 Å². The molecule has 1 heteroatoms. The Morgan fingerprint density at radius 3 is 2.92 bits per heavy atom. The number of hydrogen-bond acceptors (Lipinski definition) is 0. The number of aryl methyl sites for hydroxylation is 1. The molecule has 0 fully saturated rings. The zero-order valence-electron chi connectivity index (χ0n) is 7.25. The molecule has 1 radical (unpaired) electrons. The molecule has 2 aromatic rings. The SMILES string of the molecule is [CH2]c1cc2ccccc2n1CC.[HH].[HH]. The molecule has 1 heterocycles. The summed E-state index contributed by atoms with van der Waals surface area (Å²) >= 11 is 0. The topological polar surface area (TPSA) is 4.93 Å². The van der Waals surface area contributed by atoms with Crippen LogP contribution in [-0.4, -0.2) is 4.57 Å². The van der Waals surface area contributed by atoms with Crippen molar-refractivity contribution >= 4 is 10.9 Å². The van der Waals surface area contributed by atoms with Gasteiger partial charge in [0.15, 0.2) is 0 Å². The first-order valence-corrected chi connectivity index (χ1v) is 4.23. The van der Waals surface area contributed by atoms with Gasteiger partial charge in [-0.1, -0.05) is 18.2 Å². The van der Waals surface area contributed by atoms with Crippen LogP contribution in [0, 0.1) is 6.92 Å². The van der Waals surface area contributed by atoms with Gasteiger partial charge >= 0.3 is 0 Å². The number of para-hydroxylation sites is 1. The minimum Gasteiger partial charge on any atom is -0.345 e. The largest absolute Gasteiger partial charge is 0.345 e. The van der Waals surface area contributed by atoms with E-state index in [0.717, 1.165) is 12.2 Å². The smallest absolute Gasteiger partial charge is 0.0482 e. The van der Waals surface area contributed by atoms with Gasteiger partial charge in [0.1, 0.15) is 0 Å². The lowest BCUT2D eigenvalue weighted by atomic mass is 10.2. The molecule has 0 aliphatic carbocycles. The van der Waals surface area contributed by atoms with Gasteiger partial charge < -0.3 is 4.57 Å². The van der Waals surface area contributed by atoms with Crippen LogP contribution in [0.4, 0.5) is 0 Å². The summed E-state index contributed by atoms with van der Waals surface area (Å²) in [5.74, 6) is 0. The maximum Gasteiger partial charge on any atom is 0.0482 e. The van der Waals surface area contributed by atoms with E-state index in [9.17, 15) is 0 Å². The van der Waals surface area contributed by atoms with Gasteiger partial charge in [0.2, 0.25) is 0 Å². The van der Waals surface area contributed by atoms with E-state index < -0.39 is 0 Å². The molecule has 0 spiro atoms. The average Bonchev–Trinajstić information content (AvgIpc) is 2.40. The third-order valence-electron chi connectivity index (χ3n) is 2.21. The number of fused-ring (bicyclic) bond motifs is 1. The van der Waals surface area contributed by atoms with Crippen LogP contribution in [0.1, 0.15) is 15.5 Å². The molecule has 0 aliphatic heterocycles. The van der Waals surface area contributed by atoms with Gasteiger partial charge in [0.25, 0.3) is 0 Å². The van der Waals surface area contributed by atoms with Crippen LogP contribution in [0.25, 0.3) is 10.9 Å². The predicted octanol–water partition coefficient (Wildman–Crippen LogP) is 3.34. The Bertz CT molecular complexity index is 407. The maximum atomic E-state index is 3.99. The highest BCUT2D eigenvalue weighted by Gasteiger charge is 2.01. The van der Waals surface area contributed by atoms with E-state index in [4.69, 9.17) is 0 Å². The fraction of sp³-hybridized carbons (Fsp3) is 0.182. The van der Waals surface area contributed by atoms with E-state index in [-0.39, 0.29) is 2.85 Å². The van der Waals surface area contributed by atoms with Gasteiger partial charge in [-0.25, -0.2) is 0 Å². The molecular weight excluding hydrogens is 146 g/mol. The van der Waals surface area contributed by atoms with Crippen LogP contribution in [0.5, 0.6) is 0 Å². The van der Waals surface area contributed by atoms with Gasteiger partial charge in [-0.05, 0) is 31.4 Å². The summed E-state index contributed by atoms with van der Waals surface area (Å²) < 4.78 is 2.22. The van der Waals surface area contributed by atoms with Gasteiger partial charge in [-0.15, -0.1) is 0 Å². The highest BCUT2D eigenvalue weighted by Crippen LogP contribution is 2.18. The summed E-state index contributed by atoms with van der Waals surface area (Å²) in [5, 5.41) is 1.28. The van der Waals surface area contributed by atoms with E-state index in [0.29, 0.717) is 0 Å². The van der Waals surface area contributed by atoms with Crippen LogP contribution in [-0.2, 0) is 6.54 Å². The Labute approximate surface area is 75.6 Å². The lowest BCUT2D eigenvalue weighted by Crippen LogP contribution is -1.94. The summed E-state index contributed by atoms with van der Waals surface area (Å²) in [7, 11) is 0. The van der Waals surface area contributed by atoms with Gasteiger partial charge in [-0.3, -0.25) is 0 Å². The van der Waals surface area contributed by atoms with Crippen LogP contribution in [0.15, 0.2) is 30.3 Å². The van der Waals surface area contributed by atoms with Crippen molar-refractivity contribution in [2.75, 3.05) is 0 Å². The number of aromatic nitrogens is 1. The molecule has 0 unspecified atom stereocenters. The number of benzene rings is 1. The minimum absolute atomic E-state index is 0. The molecule has 0 saturated heterocycles. The quantitative estimate of drug-likeness (QED) is 0.606. The summed E-state index contributed by atoms with van der Waals surface area (Å²) in [6, 6.07) is 10.5. The van der Waals surface area contributed by atoms with E-state index >= 15 is 0 Å². The summed E-state index contributed by atoms with van der Waals surface area (Å²) in [6.45, 7) is 7.12. The third kappa shape index (κ3) is 0.934. The van der Waals surface area contributed by atoms with E-state index in [1.165, 1.54) is 10.9 Å². The maximum absolute atomic E-state index is 3.99. The Hall–Kier alpha value is -1.24. The molecule has 1 nitrogen and oxygen atoms in total. The third-order valence-corrected chi connectivity index (χ3v) is 2.21. The molecule has 2 rings (SSSR count). The van der Waals surface area contributed by atoms with Crippen molar-refractivity contribution < 1.29 is 2.85 Å². The Morgan fingerprint density at radius 1 is 1.42 bits per heavy atom. The Morgan fingerprint density at radius 2 is 2.17 bits per heavy atom. The highest BCUT2D eigenvalue weighted by atomic mass is 15.0. The molecule has 0 N–H and O–H groups in total. The molecule has 12 heavy (non-hydrogen) atoms. The molecule has 0 atom stereocenters. The number of hydrogen-bond donors (Lipinski definition) is 0. The van der Waals surface area contributed by atoms with Crippen molar-refractivity contribution in [2.45, 2.75) is 13.5 Å². The zero-order chi connectivity index (χ0) is 8.55. The molecule has 0 saturated carbocycles. The fourth-order valence-electron chi connectivity index (χ4n) is 1.64. The van der Waals surface area contributed by atoms with Crippen LogP contribution >= 0.6 is 0 Å². The van der Waals surface area contributed by atoms with Gasteiger partial charge in [0, 0.05) is 20.6 Å². The first-order chi connectivity index (χ1) is 5.83. The fourth-order valence-corrected chi connectivity index (χ4v) is 1.64. The van der Waals surface area contributed by atoms with Gasteiger partial charge in [0.05, 0.1) is 0 Å². The highest BCUT2D eigenvalue weighted by molar-refractivity contribution is 5.81. The molecule has 1 aromatic heterocycles. The van der Waals surface area contributed by atoms with Crippen LogP contribution in [0.2, 0.25) is 0 Å².